The number of fused-ring (bicyclic) bond motifs is 1. The first kappa shape index (κ1) is 19.2. The molecule has 2 aromatic rings. The van der Waals surface area contributed by atoms with Crippen molar-refractivity contribution < 1.29 is 4.79 Å². The van der Waals surface area contributed by atoms with Gasteiger partial charge >= 0.3 is 0 Å². The van der Waals surface area contributed by atoms with Crippen LogP contribution >= 0.6 is 0 Å². The van der Waals surface area contributed by atoms with E-state index in [1.165, 1.54) is 0 Å². The van der Waals surface area contributed by atoms with Crippen LogP contribution in [0.2, 0.25) is 0 Å². The molecule has 0 aliphatic carbocycles. The second-order valence-electron chi connectivity index (χ2n) is 7.19. The molecule has 7 nitrogen and oxygen atoms in total. The molecule has 3 heterocycles. The Labute approximate surface area is 161 Å². The van der Waals surface area contributed by atoms with Gasteiger partial charge in [0, 0.05) is 44.2 Å². The van der Waals surface area contributed by atoms with Gasteiger partial charge in [-0.05, 0) is 39.1 Å². The summed E-state index contributed by atoms with van der Waals surface area (Å²) >= 11 is 0. The molecule has 1 aliphatic rings. The van der Waals surface area contributed by atoms with Gasteiger partial charge < -0.3 is 9.80 Å². The van der Waals surface area contributed by atoms with Gasteiger partial charge in [-0.1, -0.05) is 6.92 Å². The van der Waals surface area contributed by atoms with Gasteiger partial charge in [-0.3, -0.25) is 14.7 Å². The zero-order chi connectivity index (χ0) is 19.6. The average Bonchev–Trinajstić information content (AvgIpc) is 2.71. The molecule has 0 fully saturated rings. The van der Waals surface area contributed by atoms with Crippen LogP contribution in [0.4, 0.5) is 5.82 Å². The summed E-state index contributed by atoms with van der Waals surface area (Å²) in [7, 11) is 5.97. The van der Waals surface area contributed by atoms with E-state index in [9.17, 15) is 4.79 Å². The molecule has 1 atom stereocenters. The summed E-state index contributed by atoms with van der Waals surface area (Å²) in [5.74, 6) is 1.76. The number of carbonyl (C=O) groups excluding carboxylic acids is 1. The predicted molar refractivity (Wildman–Crippen MR) is 106 cm³/mol. The van der Waals surface area contributed by atoms with Crippen LogP contribution in [0.3, 0.4) is 0 Å². The monoisotopic (exact) mass is 368 g/mol. The quantitative estimate of drug-likeness (QED) is 0.802. The van der Waals surface area contributed by atoms with Crippen LogP contribution < -0.4 is 4.90 Å². The lowest BCUT2D eigenvalue weighted by Crippen LogP contribution is -2.47. The Morgan fingerprint density at radius 2 is 1.93 bits per heavy atom. The van der Waals surface area contributed by atoms with Crippen molar-refractivity contribution in [2.24, 2.45) is 0 Å². The number of nitrogens with zero attached hydrogens (tertiary/aromatic N) is 6. The van der Waals surface area contributed by atoms with Crippen molar-refractivity contribution in [3.63, 3.8) is 0 Å². The molecule has 3 rings (SSSR count). The van der Waals surface area contributed by atoms with E-state index in [4.69, 9.17) is 9.97 Å². The number of likely N-dealkylation sites (N-methyl/N-ethyl adjacent to an activating group) is 1. The van der Waals surface area contributed by atoms with E-state index in [0.29, 0.717) is 18.9 Å². The smallest absolute Gasteiger partial charge is 0.239 e. The molecular weight excluding hydrogens is 340 g/mol. The van der Waals surface area contributed by atoms with E-state index in [-0.39, 0.29) is 11.9 Å². The first-order valence-corrected chi connectivity index (χ1v) is 9.38. The van der Waals surface area contributed by atoms with Crippen molar-refractivity contribution in [3.05, 3.63) is 35.8 Å². The maximum atomic E-state index is 12.9. The number of pyridine rings is 1. The maximum absolute atomic E-state index is 12.9. The third-order valence-corrected chi connectivity index (χ3v) is 5.23. The summed E-state index contributed by atoms with van der Waals surface area (Å²) in [5, 5.41) is 0. The summed E-state index contributed by atoms with van der Waals surface area (Å²) in [6, 6.07) is 3.68. The molecule has 0 saturated heterocycles. The summed E-state index contributed by atoms with van der Waals surface area (Å²) in [6.45, 7) is 6.10. The minimum absolute atomic E-state index is 0.133. The predicted octanol–water partition coefficient (Wildman–Crippen LogP) is 1.83. The number of hydrogen-bond donors (Lipinski definition) is 0. The molecule has 1 aliphatic heterocycles. The van der Waals surface area contributed by atoms with Gasteiger partial charge in [-0.2, -0.15) is 0 Å². The third-order valence-electron chi connectivity index (χ3n) is 5.23. The number of carbonyl (C=O) groups is 1. The maximum Gasteiger partial charge on any atom is 0.239 e. The van der Waals surface area contributed by atoms with Gasteiger partial charge in [0.15, 0.2) is 5.82 Å². The fourth-order valence-electron chi connectivity index (χ4n) is 3.33. The molecule has 0 radical (unpaired) electrons. The SMILES string of the molecule is CCN(C)[C@H](C)C(=O)N1CCc2c(nc(-c3ccncc3)nc2N(C)C)C1. The second-order valence-corrected chi connectivity index (χ2v) is 7.19. The van der Waals surface area contributed by atoms with E-state index < -0.39 is 0 Å². The zero-order valence-corrected chi connectivity index (χ0v) is 16.8. The summed E-state index contributed by atoms with van der Waals surface area (Å²) in [5.41, 5.74) is 3.00. The van der Waals surface area contributed by atoms with Crippen molar-refractivity contribution in [2.75, 3.05) is 39.1 Å². The Hall–Kier alpha value is -2.54. The van der Waals surface area contributed by atoms with Crippen molar-refractivity contribution in [2.45, 2.75) is 32.9 Å². The van der Waals surface area contributed by atoms with Crippen molar-refractivity contribution >= 4 is 11.7 Å². The summed E-state index contributed by atoms with van der Waals surface area (Å²) in [6.07, 6.45) is 4.25. The first-order valence-electron chi connectivity index (χ1n) is 9.38. The van der Waals surface area contributed by atoms with E-state index in [1.54, 1.807) is 12.4 Å². The normalized spacial score (nSPS) is 14.8. The number of rotatable bonds is 5. The minimum Gasteiger partial charge on any atom is -0.362 e. The van der Waals surface area contributed by atoms with Crippen molar-refractivity contribution in [3.8, 4) is 11.4 Å². The number of aromatic nitrogens is 3. The van der Waals surface area contributed by atoms with Crippen molar-refractivity contribution in [1.29, 1.82) is 0 Å². The van der Waals surface area contributed by atoms with E-state index in [0.717, 1.165) is 35.6 Å². The van der Waals surface area contributed by atoms with Crippen LogP contribution in [-0.4, -0.2) is 70.9 Å². The summed E-state index contributed by atoms with van der Waals surface area (Å²) < 4.78 is 0. The molecule has 0 unspecified atom stereocenters. The Morgan fingerprint density at radius 3 is 2.56 bits per heavy atom. The van der Waals surface area contributed by atoms with Crippen LogP contribution in [0.25, 0.3) is 11.4 Å². The average molecular weight is 368 g/mol. The third kappa shape index (κ3) is 3.93. The fourth-order valence-corrected chi connectivity index (χ4v) is 3.33. The topological polar surface area (TPSA) is 65.5 Å². The molecule has 7 heteroatoms. The lowest BCUT2D eigenvalue weighted by Gasteiger charge is -2.34. The molecule has 0 saturated carbocycles. The van der Waals surface area contributed by atoms with Gasteiger partial charge in [0.2, 0.25) is 5.91 Å². The Bertz CT molecular complexity index is 808. The highest BCUT2D eigenvalue weighted by Crippen LogP contribution is 2.28. The molecule has 144 valence electrons. The second kappa shape index (κ2) is 8.00. The van der Waals surface area contributed by atoms with Gasteiger partial charge in [0.1, 0.15) is 5.82 Å². The van der Waals surface area contributed by atoms with E-state index in [1.807, 2.05) is 50.0 Å². The highest BCUT2D eigenvalue weighted by atomic mass is 16.2. The summed E-state index contributed by atoms with van der Waals surface area (Å²) in [4.78, 5) is 32.6. The highest BCUT2D eigenvalue weighted by Gasteiger charge is 2.29. The van der Waals surface area contributed by atoms with E-state index in [2.05, 4.69) is 16.8 Å². The highest BCUT2D eigenvalue weighted by molar-refractivity contribution is 5.82. The molecule has 0 aromatic carbocycles. The van der Waals surface area contributed by atoms with Gasteiger partial charge in [-0.25, -0.2) is 9.97 Å². The molecule has 0 N–H and O–H groups in total. The number of anilines is 1. The standard InChI is InChI=1S/C20H28N6O/c1-6-25(5)14(2)20(27)26-12-9-16-17(13-26)22-18(23-19(16)24(3)4)15-7-10-21-11-8-15/h7-8,10-11,14H,6,9,12-13H2,1-5H3/t14-/m1/s1. The first-order chi connectivity index (χ1) is 12.9. The largest absolute Gasteiger partial charge is 0.362 e. The fraction of sp³-hybridized carbons (Fsp3) is 0.500. The number of hydrogen-bond acceptors (Lipinski definition) is 6. The molecule has 2 aromatic heterocycles. The van der Waals surface area contributed by atoms with Crippen molar-refractivity contribution in [1.82, 2.24) is 24.8 Å². The molecular formula is C20H28N6O. The van der Waals surface area contributed by atoms with Gasteiger partial charge in [-0.15, -0.1) is 0 Å². The van der Waals surface area contributed by atoms with Crippen LogP contribution in [-0.2, 0) is 17.8 Å². The zero-order valence-electron chi connectivity index (χ0n) is 16.8. The van der Waals surface area contributed by atoms with Gasteiger partial charge in [0.25, 0.3) is 0 Å². The molecule has 1 amide bonds. The lowest BCUT2D eigenvalue weighted by molar-refractivity contribution is -0.136. The Morgan fingerprint density at radius 1 is 1.22 bits per heavy atom. The van der Waals surface area contributed by atoms with E-state index >= 15 is 0 Å². The molecule has 27 heavy (non-hydrogen) atoms. The lowest BCUT2D eigenvalue weighted by atomic mass is 10.0. The number of amides is 1. The Balaban J connectivity index is 1.95. The molecule has 0 spiro atoms. The van der Waals surface area contributed by atoms with Crippen LogP contribution in [0.15, 0.2) is 24.5 Å². The van der Waals surface area contributed by atoms with Crippen LogP contribution in [0.5, 0.6) is 0 Å². The minimum atomic E-state index is -0.133. The van der Waals surface area contributed by atoms with Crippen LogP contribution in [0, 0.1) is 0 Å². The Kier molecular flexibility index (Phi) is 5.70. The van der Waals surface area contributed by atoms with Crippen LogP contribution in [0.1, 0.15) is 25.1 Å². The van der Waals surface area contributed by atoms with Gasteiger partial charge in [0.05, 0.1) is 18.3 Å². The molecule has 0 bridgehead atoms.